The van der Waals surface area contributed by atoms with Crippen LogP contribution in [0, 0.1) is 6.92 Å². The highest BCUT2D eigenvalue weighted by Crippen LogP contribution is 2.17. The molecule has 2 aromatic rings. The Morgan fingerprint density at radius 3 is 2.29 bits per heavy atom. The molecule has 2 amide bonds. The summed E-state index contributed by atoms with van der Waals surface area (Å²) in [6.07, 6.45) is 0. The van der Waals surface area contributed by atoms with Crippen molar-refractivity contribution in [2.24, 2.45) is 0 Å². The number of nitrogens with zero attached hydrogens (tertiary/aromatic N) is 1. The minimum absolute atomic E-state index is 0.0180. The lowest BCUT2D eigenvalue weighted by atomic mass is 10.1. The summed E-state index contributed by atoms with van der Waals surface area (Å²) in [6.45, 7) is 8.11. The molecule has 1 unspecified atom stereocenters. The Morgan fingerprint density at radius 2 is 1.64 bits per heavy atom. The molecule has 1 atom stereocenters. The van der Waals surface area contributed by atoms with Gasteiger partial charge >= 0.3 is 0 Å². The highest BCUT2D eigenvalue weighted by atomic mass is 32.2. The maximum absolute atomic E-state index is 13.0. The fourth-order valence-electron chi connectivity index (χ4n) is 2.87. The van der Waals surface area contributed by atoms with Crippen LogP contribution in [0.4, 0.5) is 0 Å². The Morgan fingerprint density at radius 1 is 1.00 bits per heavy atom. The van der Waals surface area contributed by atoms with E-state index < -0.39 is 6.04 Å². The summed E-state index contributed by atoms with van der Waals surface area (Å²) in [5.41, 5.74) is 3.37. The molecular weight excluding hydrogens is 368 g/mol. The molecule has 0 aliphatic heterocycles. The average molecular weight is 399 g/mol. The molecule has 0 aromatic heterocycles. The van der Waals surface area contributed by atoms with Gasteiger partial charge in [0.15, 0.2) is 0 Å². The van der Waals surface area contributed by atoms with Gasteiger partial charge < -0.3 is 10.2 Å². The third kappa shape index (κ3) is 6.71. The number of benzene rings is 2. The summed E-state index contributed by atoms with van der Waals surface area (Å²) >= 11 is 1.58. The van der Waals surface area contributed by atoms with E-state index in [-0.39, 0.29) is 17.9 Å². The third-order valence-corrected chi connectivity index (χ3v) is 5.53. The van der Waals surface area contributed by atoms with Crippen LogP contribution in [0.1, 0.15) is 37.5 Å². The van der Waals surface area contributed by atoms with Crippen LogP contribution in [0.2, 0.25) is 0 Å². The second kappa shape index (κ2) is 10.9. The zero-order valence-corrected chi connectivity index (χ0v) is 18.0. The molecule has 150 valence electrons. The van der Waals surface area contributed by atoms with Crippen molar-refractivity contribution >= 4 is 23.6 Å². The normalized spacial score (nSPS) is 11.9. The van der Waals surface area contributed by atoms with Gasteiger partial charge in [-0.1, -0.05) is 54.6 Å². The van der Waals surface area contributed by atoms with Crippen LogP contribution < -0.4 is 5.32 Å². The number of hydrogen-bond acceptors (Lipinski definition) is 3. The first-order valence-corrected chi connectivity index (χ1v) is 10.8. The van der Waals surface area contributed by atoms with Crippen molar-refractivity contribution in [2.75, 3.05) is 5.75 Å². The van der Waals surface area contributed by atoms with Crippen molar-refractivity contribution in [1.29, 1.82) is 0 Å². The standard InChI is InChI=1S/C23H30N2O2S/c1-17(2)24-23(27)19(4)25(14-21-13-9-8-10-18(21)3)22(26)16-28-15-20-11-6-5-7-12-20/h5-13,17,19H,14-16H2,1-4H3,(H,24,27). The number of amides is 2. The van der Waals surface area contributed by atoms with Crippen LogP contribution in [-0.4, -0.2) is 34.6 Å². The molecule has 2 rings (SSSR count). The molecule has 0 heterocycles. The number of carbonyl (C=O) groups excluding carboxylic acids is 2. The van der Waals surface area contributed by atoms with E-state index in [0.717, 1.165) is 16.9 Å². The highest BCUT2D eigenvalue weighted by Gasteiger charge is 2.26. The van der Waals surface area contributed by atoms with Gasteiger partial charge in [-0.25, -0.2) is 0 Å². The van der Waals surface area contributed by atoms with Gasteiger partial charge in [-0.3, -0.25) is 9.59 Å². The molecule has 4 nitrogen and oxygen atoms in total. The molecule has 1 N–H and O–H groups in total. The molecule has 0 saturated heterocycles. The van der Waals surface area contributed by atoms with Gasteiger partial charge in [-0.2, -0.15) is 0 Å². The number of thioether (sulfide) groups is 1. The predicted molar refractivity (Wildman–Crippen MR) is 117 cm³/mol. The molecule has 5 heteroatoms. The third-order valence-electron chi connectivity index (χ3n) is 4.54. The number of aryl methyl sites for hydroxylation is 1. The fraction of sp³-hybridized carbons (Fsp3) is 0.391. The van der Waals surface area contributed by atoms with Gasteiger partial charge in [0, 0.05) is 18.3 Å². The zero-order valence-electron chi connectivity index (χ0n) is 17.1. The molecule has 2 aromatic carbocycles. The fourth-order valence-corrected chi connectivity index (χ4v) is 3.74. The lowest BCUT2D eigenvalue weighted by molar-refractivity contribution is -0.138. The summed E-state index contributed by atoms with van der Waals surface area (Å²) in [7, 11) is 0. The Labute approximate surface area is 172 Å². The van der Waals surface area contributed by atoms with E-state index in [0.29, 0.717) is 12.3 Å². The van der Waals surface area contributed by atoms with Crippen LogP contribution in [0.3, 0.4) is 0 Å². The summed E-state index contributed by atoms with van der Waals surface area (Å²) in [5.74, 6) is 0.984. The van der Waals surface area contributed by atoms with Gasteiger partial charge in [0.1, 0.15) is 6.04 Å². The molecule has 0 aliphatic carbocycles. The molecule has 0 radical (unpaired) electrons. The van der Waals surface area contributed by atoms with Crippen molar-refractivity contribution in [3.8, 4) is 0 Å². The van der Waals surface area contributed by atoms with Crippen molar-refractivity contribution < 1.29 is 9.59 Å². The van der Waals surface area contributed by atoms with Crippen LogP contribution >= 0.6 is 11.8 Å². The first kappa shape index (κ1) is 22.0. The Bertz CT molecular complexity index is 777. The summed E-state index contributed by atoms with van der Waals surface area (Å²) in [5, 5.41) is 2.92. The Balaban J connectivity index is 2.08. The minimum Gasteiger partial charge on any atom is -0.352 e. The van der Waals surface area contributed by atoms with Crippen LogP contribution in [0.15, 0.2) is 54.6 Å². The zero-order chi connectivity index (χ0) is 20.5. The van der Waals surface area contributed by atoms with Gasteiger partial charge in [0.25, 0.3) is 0 Å². The maximum atomic E-state index is 13.0. The largest absolute Gasteiger partial charge is 0.352 e. The van der Waals surface area contributed by atoms with Crippen LogP contribution in [0.25, 0.3) is 0 Å². The first-order valence-electron chi connectivity index (χ1n) is 9.64. The van der Waals surface area contributed by atoms with Gasteiger partial charge in [0.2, 0.25) is 11.8 Å². The number of rotatable bonds is 9. The van der Waals surface area contributed by atoms with E-state index in [4.69, 9.17) is 0 Å². The minimum atomic E-state index is -0.521. The summed E-state index contributed by atoms with van der Waals surface area (Å²) in [6, 6.07) is 17.6. The average Bonchev–Trinajstić information content (AvgIpc) is 2.67. The molecular formula is C23H30N2O2S. The van der Waals surface area contributed by atoms with Crippen molar-refractivity contribution in [1.82, 2.24) is 10.2 Å². The highest BCUT2D eigenvalue weighted by molar-refractivity contribution is 7.99. The van der Waals surface area contributed by atoms with Gasteiger partial charge in [-0.05, 0) is 44.4 Å². The van der Waals surface area contributed by atoms with E-state index in [1.165, 1.54) is 5.56 Å². The monoisotopic (exact) mass is 398 g/mol. The topological polar surface area (TPSA) is 49.4 Å². The first-order chi connectivity index (χ1) is 13.4. The van der Waals surface area contributed by atoms with E-state index in [1.807, 2.05) is 63.2 Å². The molecule has 0 spiro atoms. The SMILES string of the molecule is Cc1ccccc1CN(C(=O)CSCc1ccccc1)C(C)C(=O)NC(C)C. The van der Waals surface area contributed by atoms with Crippen molar-refractivity contribution in [3.05, 3.63) is 71.3 Å². The van der Waals surface area contributed by atoms with Gasteiger partial charge in [-0.15, -0.1) is 11.8 Å². The number of hydrogen-bond donors (Lipinski definition) is 1. The Hall–Kier alpha value is -2.27. The lowest BCUT2D eigenvalue weighted by Gasteiger charge is -2.30. The number of carbonyl (C=O) groups is 2. The van der Waals surface area contributed by atoms with E-state index >= 15 is 0 Å². The van der Waals surface area contributed by atoms with E-state index in [2.05, 4.69) is 17.4 Å². The molecule has 28 heavy (non-hydrogen) atoms. The Kier molecular flexibility index (Phi) is 8.58. The summed E-state index contributed by atoms with van der Waals surface area (Å²) < 4.78 is 0. The molecule has 0 bridgehead atoms. The maximum Gasteiger partial charge on any atom is 0.242 e. The second-order valence-electron chi connectivity index (χ2n) is 7.27. The van der Waals surface area contributed by atoms with E-state index in [1.54, 1.807) is 23.6 Å². The van der Waals surface area contributed by atoms with E-state index in [9.17, 15) is 9.59 Å². The van der Waals surface area contributed by atoms with Crippen LogP contribution in [0.5, 0.6) is 0 Å². The van der Waals surface area contributed by atoms with Gasteiger partial charge in [0.05, 0.1) is 5.75 Å². The molecule has 0 fully saturated rings. The smallest absolute Gasteiger partial charge is 0.242 e. The number of nitrogens with one attached hydrogen (secondary N) is 1. The quantitative estimate of drug-likeness (QED) is 0.690. The molecule has 0 saturated carbocycles. The predicted octanol–water partition coefficient (Wildman–Crippen LogP) is 4.17. The second-order valence-corrected chi connectivity index (χ2v) is 8.25. The lowest BCUT2D eigenvalue weighted by Crippen LogP contribution is -2.49. The summed E-state index contributed by atoms with van der Waals surface area (Å²) in [4.78, 5) is 27.3. The molecule has 0 aliphatic rings. The van der Waals surface area contributed by atoms with Crippen molar-refractivity contribution in [2.45, 2.75) is 52.1 Å². The van der Waals surface area contributed by atoms with Crippen LogP contribution in [-0.2, 0) is 21.9 Å². The van der Waals surface area contributed by atoms with Crippen molar-refractivity contribution in [3.63, 3.8) is 0 Å².